The van der Waals surface area contributed by atoms with Crippen LogP contribution in [0.15, 0.2) is 18.2 Å². The van der Waals surface area contributed by atoms with Crippen molar-refractivity contribution in [2.75, 3.05) is 19.7 Å². The van der Waals surface area contributed by atoms with Crippen LogP contribution < -0.4 is 10.5 Å². The topological polar surface area (TPSA) is 55.6 Å². The summed E-state index contributed by atoms with van der Waals surface area (Å²) in [6, 6.07) is 6.21. The summed E-state index contributed by atoms with van der Waals surface area (Å²) in [6.07, 6.45) is 1.99. The number of hydrogen-bond donors (Lipinski definition) is 1. The number of ether oxygens (including phenoxy) is 1. The molecule has 0 spiro atoms. The number of nitrogens with two attached hydrogens (primary N) is 1. The smallest absolute Gasteiger partial charge is 0.260 e. The summed E-state index contributed by atoms with van der Waals surface area (Å²) in [5, 5.41) is 0. The number of rotatable bonds is 4. The van der Waals surface area contributed by atoms with Gasteiger partial charge < -0.3 is 15.4 Å². The first-order valence-corrected chi connectivity index (χ1v) is 7.71. The molecule has 0 saturated carbocycles. The highest BCUT2D eigenvalue weighted by Crippen LogP contribution is 2.21. The number of piperidine rings is 1. The van der Waals surface area contributed by atoms with Gasteiger partial charge in [-0.3, -0.25) is 4.79 Å². The molecule has 0 aliphatic carbocycles. The molecule has 2 N–H and O–H groups in total. The van der Waals surface area contributed by atoms with E-state index in [-0.39, 0.29) is 31.0 Å². The average molecular weight is 327 g/mol. The van der Waals surface area contributed by atoms with Crippen LogP contribution in [0, 0.1) is 19.8 Å². The first kappa shape index (κ1) is 18.8. The summed E-state index contributed by atoms with van der Waals surface area (Å²) in [6.45, 7) is 7.80. The standard InChI is InChI=1S/C17H26N2O2.ClH/c1-12-4-5-16(13(2)10-12)21-11-17(20)19-8-6-15(7-9-19)14(3)18;/h4-5,10,14-15H,6-9,11,18H2,1-3H3;1H. The van der Waals surface area contributed by atoms with Gasteiger partial charge in [-0.1, -0.05) is 17.7 Å². The van der Waals surface area contributed by atoms with Crippen molar-refractivity contribution in [1.29, 1.82) is 0 Å². The Kier molecular flexibility index (Phi) is 7.17. The SMILES string of the molecule is Cc1ccc(OCC(=O)N2CCC(C(C)N)CC2)c(C)c1.Cl. The van der Waals surface area contributed by atoms with Crippen LogP contribution in [0.3, 0.4) is 0 Å². The van der Waals surface area contributed by atoms with Gasteiger partial charge >= 0.3 is 0 Å². The highest BCUT2D eigenvalue weighted by atomic mass is 35.5. The van der Waals surface area contributed by atoms with Crippen LogP contribution in [-0.4, -0.2) is 36.5 Å². The van der Waals surface area contributed by atoms with Crippen LogP contribution in [-0.2, 0) is 4.79 Å². The minimum absolute atomic E-state index is 0. The Hall–Kier alpha value is -1.26. The van der Waals surface area contributed by atoms with E-state index in [9.17, 15) is 4.79 Å². The van der Waals surface area contributed by atoms with Crippen molar-refractivity contribution < 1.29 is 9.53 Å². The maximum atomic E-state index is 12.2. The molecule has 2 rings (SSSR count). The van der Waals surface area contributed by atoms with Crippen LogP contribution in [0.5, 0.6) is 5.75 Å². The number of hydrogen-bond acceptors (Lipinski definition) is 3. The molecule has 1 amide bonds. The van der Waals surface area contributed by atoms with Crippen LogP contribution in [0.4, 0.5) is 0 Å². The summed E-state index contributed by atoms with van der Waals surface area (Å²) in [7, 11) is 0. The molecule has 5 heteroatoms. The molecule has 1 fully saturated rings. The minimum atomic E-state index is 0. The van der Waals surface area contributed by atoms with E-state index in [0.29, 0.717) is 5.92 Å². The largest absolute Gasteiger partial charge is 0.484 e. The van der Waals surface area contributed by atoms with Crippen LogP contribution in [0.25, 0.3) is 0 Å². The molecule has 4 nitrogen and oxygen atoms in total. The lowest BCUT2D eigenvalue weighted by Gasteiger charge is -2.33. The summed E-state index contributed by atoms with van der Waals surface area (Å²) >= 11 is 0. The van der Waals surface area contributed by atoms with Crippen molar-refractivity contribution in [3.8, 4) is 5.75 Å². The zero-order valence-corrected chi connectivity index (χ0v) is 14.5. The van der Waals surface area contributed by atoms with E-state index in [1.807, 2.05) is 37.8 Å². The predicted molar refractivity (Wildman–Crippen MR) is 91.6 cm³/mol. The van der Waals surface area contributed by atoms with Crippen molar-refractivity contribution in [3.05, 3.63) is 29.3 Å². The second-order valence-corrected chi connectivity index (χ2v) is 6.13. The highest BCUT2D eigenvalue weighted by Gasteiger charge is 2.24. The Bertz CT molecular complexity index is 497. The van der Waals surface area contributed by atoms with E-state index < -0.39 is 0 Å². The molecule has 1 aromatic carbocycles. The number of nitrogens with zero attached hydrogens (tertiary/aromatic N) is 1. The van der Waals surface area contributed by atoms with Gasteiger partial charge in [-0.2, -0.15) is 0 Å². The van der Waals surface area contributed by atoms with E-state index >= 15 is 0 Å². The van der Waals surface area contributed by atoms with Gasteiger partial charge in [-0.25, -0.2) is 0 Å². The van der Waals surface area contributed by atoms with Gasteiger partial charge in [0.15, 0.2) is 6.61 Å². The molecule has 1 aliphatic heterocycles. The Morgan fingerprint density at radius 3 is 2.55 bits per heavy atom. The number of carbonyl (C=O) groups excluding carboxylic acids is 1. The monoisotopic (exact) mass is 326 g/mol. The van der Waals surface area contributed by atoms with Crippen molar-refractivity contribution in [2.24, 2.45) is 11.7 Å². The van der Waals surface area contributed by atoms with E-state index in [1.165, 1.54) is 5.56 Å². The average Bonchev–Trinajstić information content (AvgIpc) is 2.46. The Morgan fingerprint density at radius 2 is 2.00 bits per heavy atom. The van der Waals surface area contributed by atoms with Gasteiger partial charge in [0.2, 0.25) is 0 Å². The first-order chi connectivity index (χ1) is 9.97. The minimum Gasteiger partial charge on any atom is -0.484 e. The van der Waals surface area contributed by atoms with Crippen molar-refractivity contribution in [3.63, 3.8) is 0 Å². The third-order valence-corrected chi connectivity index (χ3v) is 4.32. The van der Waals surface area contributed by atoms with Gasteiger partial charge in [-0.05, 0) is 51.2 Å². The fraction of sp³-hybridized carbons (Fsp3) is 0.588. The first-order valence-electron chi connectivity index (χ1n) is 7.71. The lowest BCUT2D eigenvalue weighted by atomic mass is 9.91. The molecule has 22 heavy (non-hydrogen) atoms. The molecule has 0 bridgehead atoms. The van der Waals surface area contributed by atoms with Gasteiger partial charge in [0, 0.05) is 19.1 Å². The Labute approximate surface area is 139 Å². The molecule has 1 aromatic rings. The maximum Gasteiger partial charge on any atom is 0.260 e. The van der Waals surface area contributed by atoms with E-state index in [1.54, 1.807) is 0 Å². The summed E-state index contributed by atoms with van der Waals surface area (Å²) in [5.41, 5.74) is 8.19. The number of likely N-dealkylation sites (tertiary alicyclic amines) is 1. The lowest BCUT2D eigenvalue weighted by molar-refractivity contribution is -0.134. The molecular weight excluding hydrogens is 300 g/mol. The van der Waals surface area contributed by atoms with Crippen molar-refractivity contribution in [2.45, 2.75) is 39.7 Å². The maximum absolute atomic E-state index is 12.2. The quantitative estimate of drug-likeness (QED) is 0.925. The third kappa shape index (κ3) is 4.89. The Balaban J connectivity index is 0.00000242. The fourth-order valence-electron chi connectivity index (χ4n) is 2.87. The normalized spacial score (nSPS) is 16.8. The molecule has 124 valence electrons. The molecule has 1 saturated heterocycles. The highest BCUT2D eigenvalue weighted by molar-refractivity contribution is 5.85. The van der Waals surface area contributed by atoms with E-state index in [4.69, 9.17) is 10.5 Å². The van der Waals surface area contributed by atoms with E-state index in [2.05, 4.69) is 6.07 Å². The molecular formula is C17H27ClN2O2. The summed E-state index contributed by atoms with van der Waals surface area (Å²) in [4.78, 5) is 14.1. The van der Waals surface area contributed by atoms with Gasteiger partial charge in [0.25, 0.3) is 5.91 Å². The molecule has 1 heterocycles. The Morgan fingerprint density at radius 1 is 1.36 bits per heavy atom. The molecule has 0 aromatic heterocycles. The van der Waals surface area contributed by atoms with Crippen LogP contribution in [0.1, 0.15) is 30.9 Å². The molecule has 0 radical (unpaired) electrons. The molecule has 1 aliphatic rings. The second kappa shape index (κ2) is 8.39. The number of aryl methyl sites for hydroxylation is 2. The zero-order valence-electron chi connectivity index (χ0n) is 13.7. The fourth-order valence-corrected chi connectivity index (χ4v) is 2.87. The van der Waals surface area contributed by atoms with Crippen molar-refractivity contribution in [1.82, 2.24) is 4.90 Å². The number of carbonyl (C=O) groups is 1. The number of amides is 1. The van der Waals surface area contributed by atoms with Gasteiger partial charge in [0.1, 0.15) is 5.75 Å². The zero-order chi connectivity index (χ0) is 15.4. The van der Waals surface area contributed by atoms with Gasteiger partial charge in [-0.15, -0.1) is 12.4 Å². The van der Waals surface area contributed by atoms with E-state index in [0.717, 1.165) is 37.2 Å². The number of benzene rings is 1. The number of halogens is 1. The van der Waals surface area contributed by atoms with Crippen molar-refractivity contribution >= 4 is 18.3 Å². The third-order valence-electron chi connectivity index (χ3n) is 4.32. The second-order valence-electron chi connectivity index (χ2n) is 6.13. The lowest BCUT2D eigenvalue weighted by Crippen LogP contribution is -2.44. The molecule has 1 unspecified atom stereocenters. The summed E-state index contributed by atoms with van der Waals surface area (Å²) < 4.78 is 5.67. The van der Waals surface area contributed by atoms with Gasteiger partial charge in [0.05, 0.1) is 0 Å². The predicted octanol–water partition coefficient (Wildman–Crippen LogP) is 2.69. The molecule has 1 atom stereocenters. The van der Waals surface area contributed by atoms with Crippen LogP contribution in [0.2, 0.25) is 0 Å². The van der Waals surface area contributed by atoms with Crippen LogP contribution >= 0.6 is 12.4 Å². The summed E-state index contributed by atoms with van der Waals surface area (Å²) in [5.74, 6) is 1.40.